The van der Waals surface area contributed by atoms with Crippen molar-refractivity contribution in [2.45, 2.75) is 31.2 Å². The van der Waals surface area contributed by atoms with Gasteiger partial charge >= 0.3 is 0 Å². The van der Waals surface area contributed by atoms with E-state index in [1.807, 2.05) is 13.8 Å². The lowest BCUT2D eigenvalue weighted by atomic mass is 10.3. The molecule has 3 N–H and O–H groups in total. The van der Waals surface area contributed by atoms with E-state index in [1.54, 1.807) is 7.05 Å². The van der Waals surface area contributed by atoms with Crippen molar-refractivity contribution in [1.82, 2.24) is 20.0 Å². The van der Waals surface area contributed by atoms with Crippen LogP contribution in [0.5, 0.6) is 0 Å². The van der Waals surface area contributed by atoms with Gasteiger partial charge in [0.2, 0.25) is 21.9 Å². The topological polar surface area (TPSA) is 113 Å². The first-order valence-corrected chi connectivity index (χ1v) is 7.62. The Balaban J connectivity index is 2.55. The molecule has 9 heteroatoms. The number of sulfonamides is 1. The Hall–Kier alpha value is -1.74. The summed E-state index contributed by atoms with van der Waals surface area (Å²) < 4.78 is 26.1. The molecule has 20 heavy (non-hydrogen) atoms. The van der Waals surface area contributed by atoms with E-state index in [-0.39, 0.29) is 29.8 Å². The summed E-state index contributed by atoms with van der Waals surface area (Å²) >= 11 is 0. The van der Waals surface area contributed by atoms with Gasteiger partial charge in [-0.05, 0) is 13.8 Å². The van der Waals surface area contributed by atoms with Crippen LogP contribution in [-0.4, -0.2) is 43.9 Å². The standard InChI is InChI=1S/C11H19N5O3S/c1-8(2)16-10(17)4-5-15-20(18,19)9-6-13-11(12-3)14-7-9/h6-8,15H,4-5H2,1-3H3,(H,16,17)(H,12,13,14). The van der Waals surface area contributed by atoms with E-state index in [4.69, 9.17) is 0 Å². The summed E-state index contributed by atoms with van der Waals surface area (Å²) in [4.78, 5) is 19.0. The summed E-state index contributed by atoms with van der Waals surface area (Å²) in [6, 6.07) is 0.0293. The molecular weight excluding hydrogens is 282 g/mol. The number of aromatic nitrogens is 2. The van der Waals surface area contributed by atoms with E-state index in [0.29, 0.717) is 5.95 Å². The highest BCUT2D eigenvalue weighted by Gasteiger charge is 2.15. The van der Waals surface area contributed by atoms with Crippen molar-refractivity contribution in [3.05, 3.63) is 12.4 Å². The van der Waals surface area contributed by atoms with Crippen LogP contribution >= 0.6 is 0 Å². The van der Waals surface area contributed by atoms with Crippen LogP contribution < -0.4 is 15.4 Å². The molecular formula is C11H19N5O3S. The van der Waals surface area contributed by atoms with E-state index < -0.39 is 10.0 Å². The number of hydrogen-bond donors (Lipinski definition) is 3. The third-order valence-electron chi connectivity index (χ3n) is 2.26. The van der Waals surface area contributed by atoms with Crippen LogP contribution in [0, 0.1) is 0 Å². The highest BCUT2D eigenvalue weighted by atomic mass is 32.2. The summed E-state index contributed by atoms with van der Waals surface area (Å²) in [7, 11) is -2.06. The number of nitrogens with zero attached hydrogens (tertiary/aromatic N) is 2. The average Bonchev–Trinajstić information content (AvgIpc) is 2.37. The molecule has 0 radical (unpaired) electrons. The lowest BCUT2D eigenvalue weighted by Gasteiger charge is -2.09. The molecule has 0 aliphatic heterocycles. The Bertz CT molecular complexity index is 542. The Morgan fingerprint density at radius 2 is 1.90 bits per heavy atom. The molecule has 0 saturated carbocycles. The van der Waals surface area contributed by atoms with E-state index in [1.165, 1.54) is 12.4 Å². The number of carbonyl (C=O) groups excluding carboxylic acids is 1. The molecule has 1 aromatic heterocycles. The van der Waals surface area contributed by atoms with Gasteiger partial charge < -0.3 is 10.6 Å². The number of carbonyl (C=O) groups is 1. The maximum atomic E-state index is 11.9. The normalized spacial score (nSPS) is 11.4. The van der Waals surface area contributed by atoms with Crippen LogP contribution in [0.4, 0.5) is 5.95 Å². The molecule has 0 aliphatic carbocycles. The molecule has 0 aromatic carbocycles. The van der Waals surface area contributed by atoms with Gasteiger partial charge in [-0.3, -0.25) is 4.79 Å². The number of amides is 1. The molecule has 112 valence electrons. The average molecular weight is 301 g/mol. The number of hydrogen-bond acceptors (Lipinski definition) is 6. The fourth-order valence-corrected chi connectivity index (χ4v) is 2.28. The van der Waals surface area contributed by atoms with Crippen molar-refractivity contribution in [3.63, 3.8) is 0 Å². The summed E-state index contributed by atoms with van der Waals surface area (Å²) in [5.41, 5.74) is 0. The number of anilines is 1. The summed E-state index contributed by atoms with van der Waals surface area (Å²) in [6.07, 6.45) is 2.48. The van der Waals surface area contributed by atoms with E-state index >= 15 is 0 Å². The Morgan fingerprint density at radius 1 is 1.30 bits per heavy atom. The molecule has 0 saturated heterocycles. The van der Waals surface area contributed by atoms with Crippen LogP contribution in [0.3, 0.4) is 0 Å². The molecule has 1 rings (SSSR count). The maximum absolute atomic E-state index is 11.9. The van der Waals surface area contributed by atoms with Gasteiger partial charge in [-0.25, -0.2) is 23.1 Å². The van der Waals surface area contributed by atoms with Crippen molar-refractivity contribution in [2.75, 3.05) is 18.9 Å². The smallest absolute Gasteiger partial charge is 0.243 e. The molecule has 0 fully saturated rings. The minimum Gasteiger partial charge on any atom is -0.357 e. The number of nitrogens with one attached hydrogen (secondary N) is 3. The maximum Gasteiger partial charge on any atom is 0.243 e. The number of rotatable bonds is 7. The predicted octanol–water partition coefficient (Wildman–Crippen LogP) is -0.289. The first kappa shape index (κ1) is 16.3. The van der Waals surface area contributed by atoms with Gasteiger partial charge in [-0.2, -0.15) is 0 Å². The van der Waals surface area contributed by atoms with Gasteiger partial charge in [0, 0.05) is 26.1 Å². The highest BCUT2D eigenvalue weighted by molar-refractivity contribution is 7.89. The van der Waals surface area contributed by atoms with Gasteiger partial charge in [0.1, 0.15) is 4.90 Å². The molecule has 0 atom stereocenters. The SMILES string of the molecule is CNc1ncc(S(=O)(=O)NCCC(=O)NC(C)C)cn1. The van der Waals surface area contributed by atoms with Gasteiger partial charge in [0.15, 0.2) is 0 Å². The van der Waals surface area contributed by atoms with Crippen LogP contribution in [0.1, 0.15) is 20.3 Å². The molecule has 0 bridgehead atoms. The molecule has 8 nitrogen and oxygen atoms in total. The monoisotopic (exact) mass is 301 g/mol. The van der Waals surface area contributed by atoms with E-state index in [2.05, 4.69) is 25.3 Å². The molecule has 0 spiro atoms. The largest absolute Gasteiger partial charge is 0.357 e. The first-order chi connectivity index (χ1) is 9.35. The molecule has 1 aromatic rings. The van der Waals surface area contributed by atoms with Gasteiger partial charge in [0.05, 0.1) is 12.4 Å². The lowest BCUT2D eigenvalue weighted by molar-refractivity contribution is -0.121. The van der Waals surface area contributed by atoms with Crippen LogP contribution in [0.2, 0.25) is 0 Å². The van der Waals surface area contributed by atoms with Gasteiger partial charge in [-0.15, -0.1) is 0 Å². The van der Waals surface area contributed by atoms with Crippen molar-refractivity contribution in [2.24, 2.45) is 0 Å². The molecule has 0 aliphatic rings. The van der Waals surface area contributed by atoms with Crippen molar-refractivity contribution in [3.8, 4) is 0 Å². The second kappa shape index (κ2) is 7.15. The fourth-order valence-electron chi connectivity index (χ4n) is 1.36. The van der Waals surface area contributed by atoms with E-state index in [9.17, 15) is 13.2 Å². The summed E-state index contributed by atoms with van der Waals surface area (Å²) in [6.45, 7) is 3.69. The van der Waals surface area contributed by atoms with Crippen LogP contribution in [0.25, 0.3) is 0 Å². The zero-order chi connectivity index (χ0) is 15.2. The van der Waals surface area contributed by atoms with Gasteiger partial charge in [-0.1, -0.05) is 0 Å². The third-order valence-corrected chi connectivity index (χ3v) is 3.67. The molecule has 1 heterocycles. The molecule has 1 amide bonds. The fraction of sp³-hybridized carbons (Fsp3) is 0.545. The van der Waals surface area contributed by atoms with E-state index in [0.717, 1.165) is 0 Å². The highest BCUT2D eigenvalue weighted by Crippen LogP contribution is 2.06. The Morgan fingerprint density at radius 3 is 2.40 bits per heavy atom. The lowest BCUT2D eigenvalue weighted by Crippen LogP contribution is -2.34. The van der Waals surface area contributed by atoms with Crippen molar-refractivity contribution in [1.29, 1.82) is 0 Å². The Labute approximate surface area is 118 Å². The third kappa shape index (κ3) is 5.10. The second-order valence-corrected chi connectivity index (χ2v) is 6.13. The van der Waals surface area contributed by atoms with Gasteiger partial charge in [0.25, 0.3) is 0 Å². The molecule has 0 unspecified atom stereocenters. The summed E-state index contributed by atoms with van der Waals surface area (Å²) in [5.74, 6) is 0.129. The Kier molecular flexibility index (Phi) is 5.83. The predicted molar refractivity (Wildman–Crippen MR) is 74.7 cm³/mol. The van der Waals surface area contributed by atoms with Crippen LogP contribution in [0.15, 0.2) is 17.3 Å². The minimum atomic E-state index is -3.69. The minimum absolute atomic E-state index is 0.0225. The first-order valence-electron chi connectivity index (χ1n) is 6.14. The second-order valence-electron chi connectivity index (χ2n) is 4.36. The van der Waals surface area contributed by atoms with Crippen molar-refractivity contribution >= 4 is 21.9 Å². The quantitative estimate of drug-likeness (QED) is 0.638. The zero-order valence-corrected chi connectivity index (χ0v) is 12.5. The summed E-state index contributed by atoms with van der Waals surface area (Å²) in [5, 5.41) is 5.37. The van der Waals surface area contributed by atoms with Crippen molar-refractivity contribution < 1.29 is 13.2 Å². The zero-order valence-electron chi connectivity index (χ0n) is 11.7. The van der Waals surface area contributed by atoms with Crippen LogP contribution in [-0.2, 0) is 14.8 Å².